The maximum Gasteiger partial charge on any atom is 0.341 e. The third-order valence-electron chi connectivity index (χ3n) is 6.04. The lowest BCUT2D eigenvalue weighted by Gasteiger charge is -2.31. The number of aromatic nitrogens is 2. The number of anilines is 1. The van der Waals surface area contributed by atoms with E-state index in [1.807, 2.05) is 19.9 Å². The number of carbonyl (C=O) groups excluding carboxylic acids is 2. The summed E-state index contributed by atoms with van der Waals surface area (Å²) in [5, 5.41) is 2.78. The fraction of sp³-hybridized carbons (Fsp3) is 0.522. The van der Waals surface area contributed by atoms with Gasteiger partial charge in [-0.25, -0.2) is 18.2 Å². The van der Waals surface area contributed by atoms with Crippen LogP contribution in [0.4, 0.5) is 5.82 Å². The quantitative estimate of drug-likeness (QED) is 0.615. The molecule has 1 N–H and O–H groups in total. The van der Waals surface area contributed by atoms with E-state index < -0.39 is 21.9 Å². The highest BCUT2D eigenvalue weighted by molar-refractivity contribution is 7.89. The predicted molar refractivity (Wildman–Crippen MR) is 125 cm³/mol. The Morgan fingerprint density at radius 3 is 2.52 bits per heavy atom. The van der Waals surface area contributed by atoms with E-state index in [-0.39, 0.29) is 36.1 Å². The largest absolute Gasteiger partial charge is 0.462 e. The van der Waals surface area contributed by atoms with Crippen LogP contribution in [0.3, 0.4) is 0 Å². The van der Waals surface area contributed by atoms with Crippen molar-refractivity contribution < 1.29 is 22.7 Å². The van der Waals surface area contributed by atoms with Crippen LogP contribution in [-0.2, 0) is 26.1 Å². The number of aryl methyl sites for hydroxylation is 1. The van der Waals surface area contributed by atoms with Crippen LogP contribution in [0.15, 0.2) is 23.2 Å². The Labute approximate surface area is 195 Å². The summed E-state index contributed by atoms with van der Waals surface area (Å²) in [4.78, 5) is 29.7. The molecule has 1 atom stereocenters. The summed E-state index contributed by atoms with van der Waals surface area (Å²) in [5.41, 5.74) is 2.11. The van der Waals surface area contributed by atoms with Gasteiger partial charge in [-0.2, -0.15) is 4.31 Å². The Morgan fingerprint density at radius 1 is 1.18 bits per heavy atom. The number of nitrogens with zero attached hydrogens (tertiary/aromatic N) is 3. The number of esters is 1. The first kappa shape index (κ1) is 24.9. The molecule has 3 rings (SSSR count). The van der Waals surface area contributed by atoms with Crippen molar-refractivity contribution in [3.63, 3.8) is 0 Å². The summed E-state index contributed by atoms with van der Waals surface area (Å²) in [6.07, 6.45) is 2.77. The van der Waals surface area contributed by atoms with Crippen LogP contribution in [0.5, 0.6) is 0 Å². The van der Waals surface area contributed by atoms with Gasteiger partial charge in [0.1, 0.15) is 16.3 Å². The minimum absolute atomic E-state index is 0.0263. The number of nitrogens with one attached hydrogen (secondary N) is 1. The topological polar surface area (TPSA) is 111 Å². The van der Waals surface area contributed by atoms with Crippen LogP contribution in [0.25, 0.3) is 0 Å². The van der Waals surface area contributed by atoms with Crippen molar-refractivity contribution in [2.45, 2.75) is 58.9 Å². The zero-order valence-corrected chi connectivity index (χ0v) is 20.7. The summed E-state index contributed by atoms with van der Waals surface area (Å²) >= 11 is 0. The summed E-state index contributed by atoms with van der Waals surface area (Å²) in [5.74, 6) is -1.00. The van der Waals surface area contributed by atoms with Gasteiger partial charge < -0.3 is 14.6 Å². The van der Waals surface area contributed by atoms with Crippen molar-refractivity contribution >= 4 is 27.7 Å². The number of pyridine rings is 1. The molecule has 0 radical (unpaired) electrons. The molecule has 10 heteroatoms. The van der Waals surface area contributed by atoms with Gasteiger partial charge in [0.15, 0.2) is 0 Å². The average Bonchev–Trinajstić information content (AvgIpc) is 3.05. The molecule has 0 aromatic carbocycles. The molecule has 1 aliphatic rings. The van der Waals surface area contributed by atoms with Crippen molar-refractivity contribution in [1.82, 2.24) is 13.9 Å². The van der Waals surface area contributed by atoms with Crippen molar-refractivity contribution in [2.24, 2.45) is 5.92 Å². The van der Waals surface area contributed by atoms with E-state index in [1.165, 1.54) is 4.31 Å². The van der Waals surface area contributed by atoms with Crippen molar-refractivity contribution in [3.05, 3.63) is 40.8 Å². The van der Waals surface area contributed by atoms with Gasteiger partial charge in [0, 0.05) is 37.2 Å². The van der Waals surface area contributed by atoms with Crippen LogP contribution in [0, 0.1) is 26.7 Å². The molecule has 0 unspecified atom stereocenters. The number of ether oxygens (including phenoxy) is 1. The van der Waals surface area contributed by atoms with Gasteiger partial charge in [-0.3, -0.25) is 4.79 Å². The summed E-state index contributed by atoms with van der Waals surface area (Å²) in [6, 6.07) is 3.57. The zero-order chi connectivity index (χ0) is 24.3. The Kier molecular flexibility index (Phi) is 7.58. The monoisotopic (exact) mass is 476 g/mol. The van der Waals surface area contributed by atoms with Crippen LogP contribution >= 0.6 is 0 Å². The molecule has 1 amide bonds. The number of sulfonamides is 1. The maximum absolute atomic E-state index is 13.7. The van der Waals surface area contributed by atoms with Crippen LogP contribution < -0.4 is 5.32 Å². The normalized spacial score (nSPS) is 17.1. The smallest absolute Gasteiger partial charge is 0.341 e. The predicted octanol–water partition coefficient (Wildman–Crippen LogP) is 3.04. The maximum atomic E-state index is 13.7. The molecule has 0 aliphatic carbocycles. The highest BCUT2D eigenvalue weighted by Gasteiger charge is 2.39. The summed E-state index contributed by atoms with van der Waals surface area (Å²) in [7, 11) is -4.03. The zero-order valence-electron chi connectivity index (χ0n) is 19.8. The molecule has 0 saturated carbocycles. The highest BCUT2D eigenvalue weighted by atomic mass is 32.2. The SMILES string of the molecule is CCOC(=O)c1c(S(=O)(=O)N2CCC[C@@H](C(=O)Nc3ccc(C)cn3)C2)c(C)n(CC)c1C. The molecular formula is C23H32N4O5S. The molecule has 2 aromatic heterocycles. The minimum atomic E-state index is -4.03. The molecule has 2 aromatic rings. The number of hydrogen-bond donors (Lipinski definition) is 1. The second-order valence-corrected chi connectivity index (χ2v) is 10.1. The Morgan fingerprint density at radius 2 is 1.91 bits per heavy atom. The van der Waals surface area contributed by atoms with E-state index >= 15 is 0 Å². The summed E-state index contributed by atoms with van der Waals surface area (Å²) in [6.45, 7) is 9.90. The average molecular weight is 477 g/mol. The van der Waals surface area contributed by atoms with E-state index in [2.05, 4.69) is 10.3 Å². The standard InChI is InChI=1S/C23H32N4O5S/c1-6-27-16(4)20(23(29)32-7-2)21(17(27)5)33(30,31)26-12-8-9-18(14-26)22(28)25-19-11-10-15(3)13-24-19/h10-11,13,18H,6-9,12,14H2,1-5H3,(H,24,25,28)/t18-/m1/s1. The second-order valence-electron chi connectivity index (χ2n) is 8.25. The van der Waals surface area contributed by atoms with Crippen molar-refractivity contribution in [3.8, 4) is 0 Å². The van der Waals surface area contributed by atoms with Crippen LogP contribution in [0.1, 0.15) is 54.0 Å². The Hall–Kier alpha value is -2.72. The molecular weight excluding hydrogens is 444 g/mol. The number of carbonyl (C=O) groups is 2. The highest BCUT2D eigenvalue weighted by Crippen LogP contribution is 2.32. The van der Waals surface area contributed by atoms with Crippen LogP contribution in [0.2, 0.25) is 0 Å². The van der Waals surface area contributed by atoms with Crippen LogP contribution in [-0.4, -0.2) is 53.8 Å². The molecule has 0 spiro atoms. The molecule has 9 nitrogen and oxygen atoms in total. The van der Waals surface area contributed by atoms with E-state index in [1.54, 1.807) is 37.6 Å². The van der Waals surface area contributed by atoms with E-state index in [9.17, 15) is 18.0 Å². The number of amides is 1. The van der Waals surface area contributed by atoms with Crippen molar-refractivity contribution in [2.75, 3.05) is 25.0 Å². The van der Waals surface area contributed by atoms with Gasteiger partial charge >= 0.3 is 5.97 Å². The fourth-order valence-corrected chi connectivity index (χ4v) is 6.34. The van der Waals surface area contributed by atoms with Crippen molar-refractivity contribution in [1.29, 1.82) is 0 Å². The van der Waals surface area contributed by atoms with E-state index in [0.717, 1.165) is 5.56 Å². The third-order valence-corrected chi connectivity index (χ3v) is 8.07. The first-order valence-electron chi connectivity index (χ1n) is 11.2. The van der Waals surface area contributed by atoms with Gasteiger partial charge in [0.2, 0.25) is 15.9 Å². The van der Waals surface area contributed by atoms with Gasteiger partial charge in [0.25, 0.3) is 0 Å². The molecule has 1 saturated heterocycles. The number of piperidine rings is 1. The van der Waals surface area contributed by atoms with E-state index in [0.29, 0.717) is 36.6 Å². The molecule has 0 bridgehead atoms. The first-order valence-corrected chi connectivity index (χ1v) is 12.7. The molecule has 180 valence electrons. The Bertz CT molecular complexity index is 1140. The molecule has 1 aliphatic heterocycles. The number of rotatable bonds is 7. The fourth-order valence-electron chi connectivity index (χ4n) is 4.36. The lowest BCUT2D eigenvalue weighted by atomic mass is 9.99. The van der Waals surface area contributed by atoms with Gasteiger partial charge in [0.05, 0.1) is 12.5 Å². The lowest BCUT2D eigenvalue weighted by Crippen LogP contribution is -2.44. The summed E-state index contributed by atoms with van der Waals surface area (Å²) < 4.78 is 35.8. The Balaban J connectivity index is 1.90. The number of hydrogen-bond acceptors (Lipinski definition) is 6. The van der Waals surface area contributed by atoms with Gasteiger partial charge in [-0.1, -0.05) is 6.07 Å². The molecule has 33 heavy (non-hydrogen) atoms. The van der Waals surface area contributed by atoms with E-state index in [4.69, 9.17) is 4.74 Å². The van der Waals surface area contributed by atoms with Gasteiger partial charge in [-0.05, 0) is 59.1 Å². The molecule has 1 fully saturated rings. The molecule has 3 heterocycles. The lowest BCUT2D eigenvalue weighted by molar-refractivity contribution is -0.120. The minimum Gasteiger partial charge on any atom is -0.462 e. The third kappa shape index (κ3) is 4.96. The second kappa shape index (κ2) is 10.0. The van der Waals surface area contributed by atoms with Gasteiger partial charge in [-0.15, -0.1) is 0 Å². The first-order chi connectivity index (χ1) is 15.6.